The van der Waals surface area contributed by atoms with Gasteiger partial charge in [0, 0.05) is 43.0 Å². The second kappa shape index (κ2) is 8.09. The fraction of sp³-hybridized carbons (Fsp3) is 0.300. The third-order valence-electron chi connectivity index (χ3n) is 4.63. The van der Waals surface area contributed by atoms with Gasteiger partial charge in [0.25, 0.3) is 11.8 Å². The molecule has 3 rings (SSSR count). The van der Waals surface area contributed by atoms with Crippen molar-refractivity contribution in [2.45, 2.75) is 0 Å². The Bertz CT molecular complexity index is 845. The molecule has 0 unspecified atom stereocenters. The van der Waals surface area contributed by atoms with Crippen molar-refractivity contribution in [1.82, 2.24) is 9.80 Å². The lowest BCUT2D eigenvalue weighted by Crippen LogP contribution is -2.47. The molecule has 2 amide bonds. The maximum absolute atomic E-state index is 12.8. The van der Waals surface area contributed by atoms with E-state index >= 15 is 0 Å². The number of amides is 2. The molecular formula is C20H24N4O3. The standard InChI is InChI=1S/C20H24N4O3/c1-23-8-10-24(11-9-23)20(26)15-6-7-18(27-2)17(13-15)22-19(25)14-4-3-5-16(21)12-14/h3-7,12-13H,8-11,21H2,1-2H3,(H,22,25). The van der Waals surface area contributed by atoms with Gasteiger partial charge in [-0.05, 0) is 43.4 Å². The first-order valence-electron chi connectivity index (χ1n) is 8.80. The Labute approximate surface area is 158 Å². The van der Waals surface area contributed by atoms with Crippen LogP contribution in [0.2, 0.25) is 0 Å². The fourth-order valence-corrected chi connectivity index (χ4v) is 3.01. The zero-order chi connectivity index (χ0) is 19.4. The maximum Gasteiger partial charge on any atom is 0.255 e. The van der Waals surface area contributed by atoms with Crippen molar-refractivity contribution in [3.05, 3.63) is 53.6 Å². The van der Waals surface area contributed by atoms with Gasteiger partial charge < -0.3 is 25.6 Å². The second-order valence-corrected chi connectivity index (χ2v) is 6.59. The van der Waals surface area contributed by atoms with Crippen LogP contribution in [0.3, 0.4) is 0 Å². The molecule has 1 heterocycles. The number of benzene rings is 2. The van der Waals surface area contributed by atoms with Gasteiger partial charge in [-0.2, -0.15) is 0 Å². The van der Waals surface area contributed by atoms with Gasteiger partial charge in [0.05, 0.1) is 12.8 Å². The smallest absolute Gasteiger partial charge is 0.255 e. The molecular weight excluding hydrogens is 344 g/mol. The number of nitrogens with zero attached hydrogens (tertiary/aromatic N) is 2. The number of anilines is 2. The summed E-state index contributed by atoms with van der Waals surface area (Å²) in [6.07, 6.45) is 0. The van der Waals surface area contributed by atoms with E-state index in [1.54, 1.807) is 42.5 Å². The van der Waals surface area contributed by atoms with E-state index < -0.39 is 0 Å². The SMILES string of the molecule is COc1ccc(C(=O)N2CCN(C)CC2)cc1NC(=O)c1cccc(N)c1. The first-order chi connectivity index (χ1) is 13.0. The predicted octanol–water partition coefficient (Wildman–Crippen LogP) is 1.92. The first-order valence-corrected chi connectivity index (χ1v) is 8.80. The summed E-state index contributed by atoms with van der Waals surface area (Å²) < 4.78 is 5.33. The molecule has 2 aromatic carbocycles. The Morgan fingerprint density at radius 2 is 1.78 bits per heavy atom. The minimum Gasteiger partial charge on any atom is -0.495 e. The largest absolute Gasteiger partial charge is 0.495 e. The third-order valence-corrected chi connectivity index (χ3v) is 4.63. The molecule has 7 heteroatoms. The number of carbonyl (C=O) groups excluding carboxylic acids is 2. The number of nitrogens with two attached hydrogens (primary N) is 1. The lowest BCUT2D eigenvalue weighted by Gasteiger charge is -2.32. The van der Waals surface area contributed by atoms with E-state index in [2.05, 4.69) is 10.2 Å². The molecule has 1 saturated heterocycles. The number of methoxy groups -OCH3 is 1. The summed E-state index contributed by atoms with van der Waals surface area (Å²) in [5.41, 5.74) is 7.66. The summed E-state index contributed by atoms with van der Waals surface area (Å²) in [7, 11) is 3.56. The summed E-state index contributed by atoms with van der Waals surface area (Å²) in [6, 6.07) is 11.8. The Balaban J connectivity index is 1.81. The minimum absolute atomic E-state index is 0.0507. The van der Waals surface area contributed by atoms with Crippen LogP contribution in [0.1, 0.15) is 20.7 Å². The van der Waals surface area contributed by atoms with Gasteiger partial charge in [-0.3, -0.25) is 9.59 Å². The number of carbonyl (C=O) groups is 2. The predicted molar refractivity (Wildman–Crippen MR) is 105 cm³/mol. The van der Waals surface area contributed by atoms with Crippen molar-refractivity contribution in [1.29, 1.82) is 0 Å². The van der Waals surface area contributed by atoms with Crippen LogP contribution in [-0.2, 0) is 0 Å². The Kier molecular flexibility index (Phi) is 5.61. The molecule has 0 atom stereocenters. The molecule has 0 radical (unpaired) electrons. The highest BCUT2D eigenvalue weighted by Crippen LogP contribution is 2.27. The number of ether oxygens (including phenoxy) is 1. The molecule has 0 bridgehead atoms. The summed E-state index contributed by atoms with van der Waals surface area (Å²) in [6.45, 7) is 3.07. The summed E-state index contributed by atoms with van der Waals surface area (Å²) >= 11 is 0. The molecule has 27 heavy (non-hydrogen) atoms. The zero-order valence-electron chi connectivity index (χ0n) is 15.6. The third kappa shape index (κ3) is 4.38. The number of nitrogen functional groups attached to an aromatic ring is 1. The number of piperazine rings is 1. The van der Waals surface area contributed by atoms with Crippen LogP contribution in [0, 0.1) is 0 Å². The van der Waals surface area contributed by atoms with Crippen molar-refractivity contribution < 1.29 is 14.3 Å². The fourth-order valence-electron chi connectivity index (χ4n) is 3.01. The molecule has 2 aromatic rings. The quantitative estimate of drug-likeness (QED) is 0.805. The van der Waals surface area contributed by atoms with Crippen molar-refractivity contribution in [3.63, 3.8) is 0 Å². The summed E-state index contributed by atoms with van der Waals surface area (Å²) in [5, 5.41) is 2.81. The molecule has 3 N–H and O–H groups in total. The van der Waals surface area contributed by atoms with Crippen LogP contribution in [0.5, 0.6) is 5.75 Å². The topological polar surface area (TPSA) is 87.9 Å². The zero-order valence-corrected chi connectivity index (χ0v) is 15.6. The molecule has 0 aliphatic carbocycles. The highest BCUT2D eigenvalue weighted by Gasteiger charge is 2.21. The molecule has 0 spiro atoms. The van der Waals surface area contributed by atoms with E-state index in [0.29, 0.717) is 41.3 Å². The lowest BCUT2D eigenvalue weighted by molar-refractivity contribution is 0.0664. The van der Waals surface area contributed by atoms with E-state index in [0.717, 1.165) is 13.1 Å². The van der Waals surface area contributed by atoms with Gasteiger partial charge in [-0.25, -0.2) is 0 Å². The Morgan fingerprint density at radius 1 is 1.04 bits per heavy atom. The Morgan fingerprint density at radius 3 is 2.44 bits per heavy atom. The maximum atomic E-state index is 12.8. The monoisotopic (exact) mass is 368 g/mol. The second-order valence-electron chi connectivity index (χ2n) is 6.59. The molecule has 0 aromatic heterocycles. The van der Waals surface area contributed by atoms with Crippen LogP contribution in [0.15, 0.2) is 42.5 Å². The molecule has 0 saturated carbocycles. The van der Waals surface area contributed by atoms with Gasteiger partial charge in [-0.1, -0.05) is 6.07 Å². The minimum atomic E-state index is -0.315. The van der Waals surface area contributed by atoms with Crippen LogP contribution in [0.25, 0.3) is 0 Å². The van der Waals surface area contributed by atoms with Crippen LogP contribution in [0.4, 0.5) is 11.4 Å². The van der Waals surface area contributed by atoms with Crippen molar-refractivity contribution in [3.8, 4) is 5.75 Å². The number of hydrogen-bond donors (Lipinski definition) is 2. The molecule has 1 aliphatic rings. The number of likely N-dealkylation sites (N-methyl/N-ethyl adjacent to an activating group) is 1. The molecule has 1 fully saturated rings. The van der Waals surface area contributed by atoms with Gasteiger partial charge in [-0.15, -0.1) is 0 Å². The highest BCUT2D eigenvalue weighted by molar-refractivity contribution is 6.06. The van der Waals surface area contributed by atoms with E-state index in [1.165, 1.54) is 7.11 Å². The lowest BCUT2D eigenvalue weighted by atomic mass is 10.1. The molecule has 1 aliphatic heterocycles. The van der Waals surface area contributed by atoms with Gasteiger partial charge in [0.15, 0.2) is 0 Å². The first kappa shape index (κ1) is 18.7. The van der Waals surface area contributed by atoms with Gasteiger partial charge in [0.1, 0.15) is 5.75 Å². The van der Waals surface area contributed by atoms with E-state index in [-0.39, 0.29) is 11.8 Å². The van der Waals surface area contributed by atoms with Crippen LogP contribution >= 0.6 is 0 Å². The number of hydrogen-bond acceptors (Lipinski definition) is 5. The van der Waals surface area contributed by atoms with Gasteiger partial charge in [0.2, 0.25) is 0 Å². The molecule has 142 valence electrons. The average Bonchev–Trinajstić information content (AvgIpc) is 2.68. The van der Waals surface area contributed by atoms with E-state index in [1.807, 2.05) is 11.9 Å². The number of rotatable bonds is 4. The number of nitrogens with one attached hydrogen (secondary N) is 1. The Hall–Kier alpha value is -3.06. The average molecular weight is 368 g/mol. The van der Waals surface area contributed by atoms with Crippen LogP contribution in [-0.4, -0.2) is 62.0 Å². The van der Waals surface area contributed by atoms with Crippen LogP contribution < -0.4 is 15.8 Å². The summed E-state index contributed by atoms with van der Waals surface area (Å²) in [5.74, 6) is 0.122. The van der Waals surface area contributed by atoms with Crippen molar-refractivity contribution in [2.24, 2.45) is 0 Å². The van der Waals surface area contributed by atoms with Crippen molar-refractivity contribution in [2.75, 3.05) is 51.4 Å². The highest BCUT2D eigenvalue weighted by atomic mass is 16.5. The van der Waals surface area contributed by atoms with Crippen molar-refractivity contribution >= 4 is 23.2 Å². The normalized spacial score (nSPS) is 14.7. The summed E-state index contributed by atoms with van der Waals surface area (Å²) in [4.78, 5) is 29.3. The van der Waals surface area contributed by atoms with Gasteiger partial charge >= 0.3 is 0 Å². The van der Waals surface area contributed by atoms with E-state index in [9.17, 15) is 9.59 Å². The van der Waals surface area contributed by atoms with E-state index in [4.69, 9.17) is 10.5 Å². The molecule has 7 nitrogen and oxygen atoms in total.